The molecule has 0 atom stereocenters. The van der Waals surface area contributed by atoms with E-state index in [4.69, 9.17) is 10.5 Å². The first-order chi connectivity index (χ1) is 8.97. The van der Waals surface area contributed by atoms with Gasteiger partial charge < -0.3 is 10.5 Å². The average molecular weight is 260 g/mol. The van der Waals surface area contributed by atoms with Crippen LogP contribution in [0.15, 0.2) is 24.4 Å². The van der Waals surface area contributed by atoms with Gasteiger partial charge in [0.05, 0.1) is 4.92 Å². The lowest BCUT2D eigenvalue weighted by Gasteiger charge is -2.08. The van der Waals surface area contributed by atoms with E-state index < -0.39 is 4.92 Å². The third-order valence-electron chi connectivity index (χ3n) is 2.55. The molecular formula is C12H12N4O3. The van der Waals surface area contributed by atoms with Crippen LogP contribution in [-0.2, 0) is 0 Å². The molecule has 0 radical (unpaired) electrons. The predicted octanol–water partition coefficient (Wildman–Crippen LogP) is 2.38. The van der Waals surface area contributed by atoms with Crippen LogP contribution in [0.25, 0.3) is 0 Å². The fourth-order valence-electron chi connectivity index (χ4n) is 1.58. The van der Waals surface area contributed by atoms with Crippen molar-refractivity contribution in [3.63, 3.8) is 0 Å². The molecule has 0 aliphatic rings. The van der Waals surface area contributed by atoms with Crippen molar-refractivity contribution in [3.8, 4) is 11.8 Å². The molecule has 7 heteroatoms. The summed E-state index contributed by atoms with van der Waals surface area (Å²) in [7, 11) is 0. The molecule has 0 bridgehead atoms. The Balaban J connectivity index is 2.36. The molecular weight excluding hydrogens is 248 g/mol. The zero-order valence-corrected chi connectivity index (χ0v) is 10.5. The molecule has 19 heavy (non-hydrogen) atoms. The molecule has 2 N–H and O–H groups in total. The van der Waals surface area contributed by atoms with Gasteiger partial charge >= 0.3 is 6.01 Å². The van der Waals surface area contributed by atoms with Gasteiger partial charge in [-0.3, -0.25) is 10.1 Å². The topological polar surface area (TPSA) is 104 Å². The molecule has 7 nitrogen and oxygen atoms in total. The fraction of sp³-hybridized carbons (Fsp3) is 0.167. The highest BCUT2D eigenvalue weighted by atomic mass is 16.6. The molecule has 1 heterocycles. The minimum absolute atomic E-state index is 0.0540. The van der Waals surface area contributed by atoms with Crippen LogP contribution < -0.4 is 10.5 Å². The van der Waals surface area contributed by atoms with Crippen molar-refractivity contribution in [3.05, 3.63) is 45.6 Å². The fourth-order valence-corrected chi connectivity index (χ4v) is 1.58. The lowest BCUT2D eigenvalue weighted by atomic mass is 10.1. The van der Waals surface area contributed by atoms with Crippen LogP contribution in [0, 0.1) is 24.0 Å². The third kappa shape index (κ3) is 2.76. The molecule has 0 fully saturated rings. The second-order valence-electron chi connectivity index (χ2n) is 4.03. The molecule has 1 aromatic carbocycles. The number of nitro benzene ring substituents is 1. The molecule has 0 unspecified atom stereocenters. The first-order valence-electron chi connectivity index (χ1n) is 5.49. The van der Waals surface area contributed by atoms with Crippen molar-refractivity contribution in [2.75, 3.05) is 5.73 Å². The summed E-state index contributed by atoms with van der Waals surface area (Å²) in [6.45, 7) is 3.36. The van der Waals surface area contributed by atoms with Crippen molar-refractivity contribution >= 4 is 11.5 Å². The molecule has 0 spiro atoms. The van der Waals surface area contributed by atoms with Gasteiger partial charge in [-0.2, -0.15) is 4.98 Å². The Bertz CT molecular complexity index is 643. The van der Waals surface area contributed by atoms with Gasteiger partial charge in [0.25, 0.3) is 5.69 Å². The van der Waals surface area contributed by atoms with Crippen LogP contribution in [-0.4, -0.2) is 14.9 Å². The SMILES string of the molecule is Cc1cc([N+](=O)[O-])c(C)cc1Oc1nccc(N)n1. The van der Waals surface area contributed by atoms with Crippen molar-refractivity contribution in [1.29, 1.82) is 0 Å². The van der Waals surface area contributed by atoms with Crippen LogP contribution in [0.2, 0.25) is 0 Å². The summed E-state index contributed by atoms with van der Waals surface area (Å²) < 4.78 is 5.48. The maximum absolute atomic E-state index is 10.8. The Hall–Kier alpha value is -2.70. The number of nitrogens with zero attached hydrogens (tertiary/aromatic N) is 3. The van der Waals surface area contributed by atoms with Crippen LogP contribution in [0.1, 0.15) is 11.1 Å². The third-order valence-corrected chi connectivity index (χ3v) is 2.55. The standard InChI is InChI=1S/C12H12N4O3/c1-7-6-10(8(2)5-9(7)16(17)18)19-12-14-4-3-11(13)15-12/h3-6H,1-2H3,(H2,13,14,15). The highest BCUT2D eigenvalue weighted by Crippen LogP contribution is 2.29. The Morgan fingerprint density at radius 3 is 2.68 bits per heavy atom. The van der Waals surface area contributed by atoms with Crippen molar-refractivity contribution in [2.45, 2.75) is 13.8 Å². The molecule has 2 aromatic rings. The Morgan fingerprint density at radius 1 is 1.32 bits per heavy atom. The van der Waals surface area contributed by atoms with E-state index in [2.05, 4.69) is 9.97 Å². The molecule has 0 saturated carbocycles. The Labute approximate surface area is 109 Å². The van der Waals surface area contributed by atoms with Gasteiger partial charge in [-0.1, -0.05) is 0 Å². The number of nitro groups is 1. The van der Waals surface area contributed by atoms with Gasteiger partial charge in [0.15, 0.2) is 0 Å². The maximum Gasteiger partial charge on any atom is 0.323 e. The molecule has 0 aliphatic carbocycles. The lowest BCUT2D eigenvalue weighted by molar-refractivity contribution is -0.385. The highest BCUT2D eigenvalue weighted by molar-refractivity contribution is 5.50. The summed E-state index contributed by atoms with van der Waals surface area (Å²) in [5.74, 6) is 0.759. The van der Waals surface area contributed by atoms with Crippen LogP contribution in [0.4, 0.5) is 11.5 Å². The minimum atomic E-state index is -0.427. The number of anilines is 1. The Kier molecular flexibility index (Phi) is 3.28. The number of nitrogen functional groups attached to an aromatic ring is 1. The van der Waals surface area contributed by atoms with E-state index in [-0.39, 0.29) is 11.7 Å². The molecule has 98 valence electrons. The summed E-state index contributed by atoms with van der Waals surface area (Å²) in [4.78, 5) is 18.2. The number of aromatic nitrogens is 2. The zero-order valence-electron chi connectivity index (χ0n) is 10.5. The Morgan fingerprint density at radius 2 is 2.05 bits per heavy atom. The first kappa shape index (κ1) is 12.7. The zero-order chi connectivity index (χ0) is 14.0. The second-order valence-corrected chi connectivity index (χ2v) is 4.03. The molecule has 0 amide bonds. The van der Waals surface area contributed by atoms with Crippen molar-refractivity contribution < 1.29 is 9.66 Å². The quantitative estimate of drug-likeness (QED) is 0.671. The predicted molar refractivity (Wildman–Crippen MR) is 69.1 cm³/mol. The smallest absolute Gasteiger partial charge is 0.323 e. The largest absolute Gasteiger partial charge is 0.424 e. The number of rotatable bonds is 3. The number of benzene rings is 1. The molecule has 0 saturated heterocycles. The number of hydrogen-bond acceptors (Lipinski definition) is 6. The minimum Gasteiger partial charge on any atom is -0.424 e. The summed E-state index contributed by atoms with van der Waals surface area (Å²) in [5.41, 5.74) is 6.71. The van der Waals surface area contributed by atoms with E-state index >= 15 is 0 Å². The molecule has 2 rings (SSSR count). The summed E-state index contributed by atoms with van der Waals surface area (Å²) in [6, 6.07) is 4.69. The molecule has 0 aliphatic heterocycles. The second kappa shape index (κ2) is 4.89. The van der Waals surface area contributed by atoms with E-state index in [1.807, 2.05) is 0 Å². The van der Waals surface area contributed by atoms with Crippen LogP contribution >= 0.6 is 0 Å². The summed E-state index contributed by atoms with van der Waals surface area (Å²) >= 11 is 0. The van der Waals surface area contributed by atoms with Crippen molar-refractivity contribution in [1.82, 2.24) is 9.97 Å². The summed E-state index contributed by atoms with van der Waals surface area (Å²) in [6.07, 6.45) is 1.48. The number of aryl methyl sites for hydroxylation is 2. The average Bonchev–Trinajstić information content (AvgIpc) is 2.33. The lowest BCUT2D eigenvalue weighted by Crippen LogP contribution is -1.98. The van der Waals surface area contributed by atoms with Gasteiger partial charge in [-0.05, 0) is 31.5 Å². The summed E-state index contributed by atoms with van der Waals surface area (Å²) in [5, 5.41) is 10.8. The molecule has 1 aromatic heterocycles. The van der Waals surface area contributed by atoms with Crippen molar-refractivity contribution in [2.24, 2.45) is 0 Å². The van der Waals surface area contributed by atoms with Gasteiger partial charge in [-0.25, -0.2) is 4.98 Å². The van der Waals surface area contributed by atoms with E-state index in [1.54, 1.807) is 26.0 Å². The van der Waals surface area contributed by atoms with Gasteiger partial charge in [0.2, 0.25) is 0 Å². The van der Waals surface area contributed by atoms with Gasteiger partial charge in [-0.15, -0.1) is 0 Å². The van der Waals surface area contributed by atoms with E-state index in [0.29, 0.717) is 22.7 Å². The maximum atomic E-state index is 10.8. The number of ether oxygens (including phenoxy) is 1. The van der Waals surface area contributed by atoms with E-state index in [1.165, 1.54) is 12.3 Å². The van der Waals surface area contributed by atoms with Gasteiger partial charge in [0.1, 0.15) is 11.6 Å². The monoisotopic (exact) mass is 260 g/mol. The number of nitrogens with two attached hydrogens (primary N) is 1. The van der Waals surface area contributed by atoms with Crippen LogP contribution in [0.5, 0.6) is 11.8 Å². The van der Waals surface area contributed by atoms with E-state index in [9.17, 15) is 10.1 Å². The number of hydrogen-bond donors (Lipinski definition) is 1. The van der Waals surface area contributed by atoms with Gasteiger partial charge in [0, 0.05) is 17.8 Å². The van der Waals surface area contributed by atoms with E-state index in [0.717, 1.165) is 0 Å². The highest BCUT2D eigenvalue weighted by Gasteiger charge is 2.15. The first-order valence-corrected chi connectivity index (χ1v) is 5.49. The van der Waals surface area contributed by atoms with Crippen LogP contribution in [0.3, 0.4) is 0 Å². The normalized spacial score (nSPS) is 10.2.